The van der Waals surface area contributed by atoms with Gasteiger partial charge in [0.25, 0.3) is 0 Å². The van der Waals surface area contributed by atoms with Gasteiger partial charge in [0.1, 0.15) is 0 Å². The van der Waals surface area contributed by atoms with E-state index in [1.807, 2.05) is 0 Å². The molecule has 0 aromatic carbocycles. The SMILES string of the molecule is C[Si](C)(C)CC1=[C-]C=CC1.[Cl-].[Cl-].[Cl-].[Ti+4]. The second kappa shape index (κ2) is 10.8. The minimum Gasteiger partial charge on any atom is -1.00 e. The first-order chi connectivity index (χ1) is 4.58. The number of allylic oxidation sites excluding steroid dienone is 4. The van der Waals surface area contributed by atoms with Crippen LogP contribution in [0.15, 0.2) is 17.7 Å². The van der Waals surface area contributed by atoms with Crippen LogP contribution in [0, 0.1) is 6.08 Å². The number of hydrogen-bond donors (Lipinski definition) is 0. The van der Waals surface area contributed by atoms with E-state index in [1.54, 1.807) is 0 Å². The van der Waals surface area contributed by atoms with Crippen molar-refractivity contribution in [2.75, 3.05) is 0 Å². The van der Waals surface area contributed by atoms with Crippen molar-refractivity contribution in [1.29, 1.82) is 0 Å². The molecule has 5 heteroatoms. The molecule has 1 aliphatic rings. The van der Waals surface area contributed by atoms with Crippen LogP contribution in [0.1, 0.15) is 6.42 Å². The molecule has 0 heterocycles. The van der Waals surface area contributed by atoms with Crippen molar-refractivity contribution >= 4 is 8.07 Å². The van der Waals surface area contributed by atoms with Crippen LogP contribution in [0.2, 0.25) is 25.7 Å². The molecular formula is C9H15Cl3SiTi. The first-order valence-electron chi connectivity index (χ1n) is 3.84. The van der Waals surface area contributed by atoms with Crippen LogP contribution in [0.25, 0.3) is 0 Å². The fraction of sp³-hybridized carbons (Fsp3) is 0.556. The van der Waals surface area contributed by atoms with Crippen molar-refractivity contribution in [3.8, 4) is 0 Å². The van der Waals surface area contributed by atoms with Gasteiger partial charge in [-0.1, -0.05) is 32.1 Å². The van der Waals surface area contributed by atoms with E-state index in [4.69, 9.17) is 0 Å². The summed E-state index contributed by atoms with van der Waals surface area (Å²) in [6, 6.07) is 1.32. The molecule has 0 nitrogen and oxygen atoms in total. The van der Waals surface area contributed by atoms with Gasteiger partial charge in [-0.15, -0.1) is 0 Å². The molecule has 0 aliphatic heterocycles. The van der Waals surface area contributed by atoms with Crippen molar-refractivity contribution in [2.24, 2.45) is 0 Å². The third-order valence-electron chi connectivity index (χ3n) is 1.51. The van der Waals surface area contributed by atoms with Gasteiger partial charge in [0.05, 0.1) is 0 Å². The standard InChI is InChI=1S/C9H15Si.3ClH.Ti/c1-10(2,3)8-9-6-4-5-7-9;;;;/h4-5H,6,8H2,1-3H3;3*1H;/q-1;;;;+4/p-3. The summed E-state index contributed by atoms with van der Waals surface area (Å²) in [4.78, 5) is 0. The third-order valence-corrected chi connectivity index (χ3v) is 3.00. The quantitative estimate of drug-likeness (QED) is 0.352. The van der Waals surface area contributed by atoms with Gasteiger partial charge >= 0.3 is 21.7 Å². The normalized spacial score (nSPS) is 12.6. The number of halogens is 3. The summed E-state index contributed by atoms with van der Waals surface area (Å²) in [5, 5.41) is 0. The Morgan fingerprint density at radius 3 is 2.00 bits per heavy atom. The van der Waals surface area contributed by atoms with E-state index in [1.165, 1.54) is 11.6 Å². The Bertz CT molecular complexity index is 185. The summed E-state index contributed by atoms with van der Waals surface area (Å²) in [5.74, 6) is 0. The van der Waals surface area contributed by atoms with E-state index < -0.39 is 8.07 Å². The van der Waals surface area contributed by atoms with E-state index >= 15 is 0 Å². The first-order valence-corrected chi connectivity index (χ1v) is 7.55. The van der Waals surface area contributed by atoms with Crippen molar-refractivity contribution in [3.63, 3.8) is 0 Å². The monoisotopic (exact) mass is 304 g/mol. The molecular weight excluding hydrogens is 290 g/mol. The van der Waals surface area contributed by atoms with Gasteiger partial charge < -0.3 is 37.2 Å². The molecule has 0 saturated heterocycles. The van der Waals surface area contributed by atoms with Gasteiger partial charge in [-0.25, -0.2) is 12.2 Å². The smallest absolute Gasteiger partial charge is 1.00 e. The van der Waals surface area contributed by atoms with Crippen molar-refractivity contribution in [2.45, 2.75) is 32.1 Å². The molecule has 1 rings (SSSR count). The average Bonchev–Trinajstić information content (AvgIpc) is 2.12. The van der Waals surface area contributed by atoms with E-state index in [-0.39, 0.29) is 58.9 Å². The molecule has 0 radical (unpaired) electrons. The van der Waals surface area contributed by atoms with Gasteiger partial charge in [0, 0.05) is 8.07 Å². The maximum Gasteiger partial charge on any atom is 4.00 e. The van der Waals surface area contributed by atoms with Crippen molar-refractivity contribution in [3.05, 3.63) is 23.8 Å². The predicted octanol–water partition coefficient (Wildman–Crippen LogP) is -5.98. The summed E-state index contributed by atoms with van der Waals surface area (Å²) >= 11 is 0. The van der Waals surface area contributed by atoms with Gasteiger partial charge in [-0.05, 0) is 0 Å². The Kier molecular flexibility index (Phi) is 18.9. The van der Waals surface area contributed by atoms with Gasteiger partial charge in [0.2, 0.25) is 0 Å². The zero-order valence-electron chi connectivity index (χ0n) is 8.70. The van der Waals surface area contributed by atoms with Gasteiger partial charge in [-0.3, -0.25) is 6.08 Å². The summed E-state index contributed by atoms with van der Waals surface area (Å²) in [6.45, 7) is 7.21. The number of rotatable bonds is 2. The second-order valence-electron chi connectivity index (χ2n) is 4.09. The minimum atomic E-state index is -0.862. The molecule has 0 atom stereocenters. The van der Waals surface area contributed by atoms with Gasteiger partial charge in [0.15, 0.2) is 0 Å². The summed E-state index contributed by atoms with van der Waals surface area (Å²) in [6.07, 6.45) is 8.68. The molecule has 0 saturated carbocycles. The first kappa shape index (κ1) is 24.5. The fourth-order valence-electron chi connectivity index (χ4n) is 1.20. The van der Waals surface area contributed by atoms with Crippen LogP contribution >= 0.6 is 0 Å². The van der Waals surface area contributed by atoms with Crippen LogP contribution in [0.4, 0.5) is 0 Å². The van der Waals surface area contributed by atoms with E-state index in [2.05, 4.69) is 37.9 Å². The maximum absolute atomic E-state index is 3.28. The predicted molar refractivity (Wildman–Crippen MR) is 48.7 cm³/mol. The molecule has 0 amide bonds. The van der Waals surface area contributed by atoms with Crippen molar-refractivity contribution in [1.82, 2.24) is 0 Å². The third kappa shape index (κ3) is 11.4. The summed E-state index contributed by atoms with van der Waals surface area (Å²) in [7, 11) is -0.862. The van der Waals surface area contributed by atoms with Crippen LogP contribution in [0.3, 0.4) is 0 Å². The van der Waals surface area contributed by atoms with Crippen LogP contribution < -0.4 is 37.2 Å². The summed E-state index contributed by atoms with van der Waals surface area (Å²) in [5.41, 5.74) is 1.51. The van der Waals surface area contributed by atoms with Crippen LogP contribution in [0.5, 0.6) is 0 Å². The zero-order chi connectivity index (χ0) is 7.61. The molecule has 1 aliphatic carbocycles. The zero-order valence-corrected chi connectivity index (χ0v) is 13.5. The summed E-state index contributed by atoms with van der Waals surface area (Å²) < 4.78 is 0. The van der Waals surface area contributed by atoms with Gasteiger partial charge in [-0.2, -0.15) is 5.57 Å². The Labute approximate surface area is 122 Å². The van der Waals surface area contributed by atoms with E-state index in [0.717, 1.165) is 6.42 Å². The minimum absolute atomic E-state index is 0. The molecule has 0 aromatic heterocycles. The molecule has 0 fully saturated rings. The van der Waals surface area contributed by atoms with Crippen LogP contribution in [-0.2, 0) is 21.7 Å². The topological polar surface area (TPSA) is 0 Å². The second-order valence-corrected chi connectivity index (χ2v) is 9.57. The Morgan fingerprint density at radius 2 is 1.71 bits per heavy atom. The van der Waals surface area contributed by atoms with Crippen molar-refractivity contribution < 1.29 is 58.9 Å². The Morgan fingerprint density at radius 1 is 1.21 bits per heavy atom. The molecule has 80 valence electrons. The van der Waals surface area contributed by atoms with E-state index in [0.29, 0.717) is 0 Å². The maximum atomic E-state index is 3.28. The molecule has 0 spiro atoms. The molecule has 0 aromatic rings. The molecule has 0 unspecified atom stereocenters. The number of hydrogen-bond acceptors (Lipinski definition) is 0. The Balaban J connectivity index is -0.000000125. The van der Waals surface area contributed by atoms with Crippen LogP contribution in [-0.4, -0.2) is 8.07 Å². The molecule has 0 bridgehead atoms. The largest absolute Gasteiger partial charge is 4.00 e. The Hall–Kier alpha value is 1.28. The fourth-order valence-corrected chi connectivity index (χ4v) is 2.73. The average molecular weight is 306 g/mol. The van der Waals surface area contributed by atoms with E-state index in [9.17, 15) is 0 Å². The molecule has 14 heavy (non-hydrogen) atoms. The molecule has 0 N–H and O–H groups in total.